The molecule has 5 atom stereocenters. The van der Waals surface area contributed by atoms with Crippen molar-refractivity contribution < 1.29 is 32.6 Å². The standard InChI is InChI=1S/C22H32F2O5/c1-2-3-4-6-11-22(23,24)19(25)10-9-15-16-13-20(26)28-18(16)14-17(15)29-21-8-5-7-12-27-21/h9-10,15-18,21H,2-8,11-14H2,1H3/t15-,16-,17-,18+,21?/m1/s1. The largest absolute Gasteiger partial charge is 0.462 e. The first-order valence-electron chi connectivity index (χ1n) is 11.0. The number of unbranched alkanes of at least 4 members (excludes halogenated alkanes) is 3. The van der Waals surface area contributed by atoms with Crippen LogP contribution in [0, 0.1) is 11.8 Å². The normalized spacial score (nSPS) is 32.5. The molecule has 0 bridgehead atoms. The molecule has 1 aliphatic carbocycles. The molecule has 1 saturated carbocycles. The van der Waals surface area contributed by atoms with Crippen LogP contribution in [0.3, 0.4) is 0 Å². The highest BCUT2D eigenvalue weighted by Gasteiger charge is 2.50. The molecule has 0 radical (unpaired) electrons. The number of ketones is 1. The van der Waals surface area contributed by atoms with E-state index in [1.165, 1.54) is 6.08 Å². The molecule has 164 valence electrons. The quantitative estimate of drug-likeness (QED) is 0.297. The minimum absolute atomic E-state index is 0.140. The van der Waals surface area contributed by atoms with Crippen LogP contribution in [0.25, 0.3) is 0 Å². The molecule has 3 fully saturated rings. The minimum atomic E-state index is -3.35. The first kappa shape index (κ1) is 22.3. The highest BCUT2D eigenvalue weighted by molar-refractivity contribution is 5.95. The van der Waals surface area contributed by atoms with Crippen molar-refractivity contribution in [2.24, 2.45) is 11.8 Å². The molecule has 0 N–H and O–H groups in total. The summed E-state index contributed by atoms with van der Waals surface area (Å²) in [5.74, 6) is -5.25. The molecule has 3 rings (SSSR count). The number of allylic oxidation sites excluding steroid dienone is 1. The van der Waals surface area contributed by atoms with Gasteiger partial charge in [-0.1, -0.05) is 32.3 Å². The van der Waals surface area contributed by atoms with Gasteiger partial charge in [-0.15, -0.1) is 0 Å². The van der Waals surface area contributed by atoms with E-state index in [0.717, 1.165) is 38.2 Å². The second-order valence-electron chi connectivity index (χ2n) is 8.42. The predicted molar refractivity (Wildman–Crippen MR) is 102 cm³/mol. The number of hydrogen-bond acceptors (Lipinski definition) is 5. The number of hydrogen-bond donors (Lipinski definition) is 0. The van der Waals surface area contributed by atoms with Crippen molar-refractivity contribution in [2.75, 3.05) is 6.61 Å². The topological polar surface area (TPSA) is 61.8 Å². The van der Waals surface area contributed by atoms with Crippen molar-refractivity contribution in [3.63, 3.8) is 0 Å². The molecule has 0 amide bonds. The van der Waals surface area contributed by atoms with Gasteiger partial charge in [0.15, 0.2) is 6.29 Å². The smallest absolute Gasteiger partial charge is 0.309 e. The summed E-state index contributed by atoms with van der Waals surface area (Å²) in [5, 5.41) is 0. The van der Waals surface area contributed by atoms with E-state index < -0.39 is 18.1 Å². The van der Waals surface area contributed by atoms with Crippen molar-refractivity contribution in [2.45, 2.75) is 95.6 Å². The van der Waals surface area contributed by atoms with Crippen molar-refractivity contribution in [3.8, 4) is 0 Å². The number of rotatable bonds is 10. The van der Waals surface area contributed by atoms with Crippen molar-refractivity contribution >= 4 is 11.8 Å². The number of carbonyl (C=O) groups excluding carboxylic acids is 2. The van der Waals surface area contributed by atoms with Crippen LogP contribution in [-0.2, 0) is 23.8 Å². The molecule has 3 aliphatic rings. The number of fused-ring (bicyclic) bond motifs is 1. The van der Waals surface area contributed by atoms with E-state index in [9.17, 15) is 18.4 Å². The third-order valence-electron chi connectivity index (χ3n) is 6.19. The molecule has 0 spiro atoms. The third kappa shape index (κ3) is 5.85. The molecular weight excluding hydrogens is 382 g/mol. The van der Waals surface area contributed by atoms with E-state index in [4.69, 9.17) is 14.2 Å². The third-order valence-corrected chi connectivity index (χ3v) is 6.19. The van der Waals surface area contributed by atoms with Crippen molar-refractivity contribution in [1.29, 1.82) is 0 Å². The maximum absolute atomic E-state index is 14.2. The lowest BCUT2D eigenvalue weighted by Gasteiger charge is -2.28. The van der Waals surface area contributed by atoms with Gasteiger partial charge in [0.2, 0.25) is 5.78 Å². The second kappa shape index (κ2) is 10.1. The van der Waals surface area contributed by atoms with Gasteiger partial charge in [-0.25, -0.2) is 0 Å². The molecule has 2 saturated heterocycles. The van der Waals surface area contributed by atoms with Gasteiger partial charge < -0.3 is 14.2 Å². The Morgan fingerprint density at radius 1 is 1.28 bits per heavy atom. The van der Waals surface area contributed by atoms with Crippen molar-refractivity contribution in [3.05, 3.63) is 12.2 Å². The highest BCUT2D eigenvalue weighted by atomic mass is 19.3. The van der Waals surface area contributed by atoms with Crippen LogP contribution in [0.1, 0.15) is 71.1 Å². The minimum Gasteiger partial charge on any atom is -0.462 e. The fourth-order valence-electron chi connectivity index (χ4n) is 4.54. The molecule has 5 nitrogen and oxygen atoms in total. The van der Waals surface area contributed by atoms with Crippen LogP contribution >= 0.6 is 0 Å². The number of carbonyl (C=O) groups is 2. The summed E-state index contributed by atoms with van der Waals surface area (Å²) >= 11 is 0. The van der Waals surface area contributed by atoms with Gasteiger partial charge in [0.25, 0.3) is 0 Å². The molecule has 0 aromatic rings. The van der Waals surface area contributed by atoms with Crippen LogP contribution < -0.4 is 0 Å². The summed E-state index contributed by atoms with van der Waals surface area (Å²) in [7, 11) is 0. The number of ether oxygens (including phenoxy) is 3. The Hall–Kier alpha value is -1.34. The lowest BCUT2D eigenvalue weighted by atomic mass is 9.91. The van der Waals surface area contributed by atoms with E-state index in [0.29, 0.717) is 25.9 Å². The van der Waals surface area contributed by atoms with Crippen LogP contribution in [0.4, 0.5) is 8.78 Å². The number of esters is 1. The first-order chi connectivity index (χ1) is 13.9. The van der Waals surface area contributed by atoms with Gasteiger partial charge in [0, 0.05) is 31.3 Å². The van der Waals surface area contributed by atoms with E-state index >= 15 is 0 Å². The molecule has 0 aromatic carbocycles. The van der Waals surface area contributed by atoms with Crippen LogP contribution in [-0.4, -0.2) is 42.8 Å². The molecular formula is C22H32F2O5. The van der Waals surface area contributed by atoms with Gasteiger partial charge in [0.05, 0.1) is 12.5 Å². The summed E-state index contributed by atoms with van der Waals surface area (Å²) in [6.07, 6.45) is 7.60. The first-order valence-corrected chi connectivity index (χ1v) is 11.0. The SMILES string of the molecule is CCCCCCC(F)(F)C(=O)C=C[C@@H]1[C@H]2CC(=O)O[C@H]2C[C@H]1OC1CCCCO1. The van der Waals surface area contributed by atoms with Gasteiger partial charge >= 0.3 is 11.9 Å². The van der Waals surface area contributed by atoms with E-state index in [-0.39, 0.29) is 42.7 Å². The highest BCUT2D eigenvalue weighted by Crippen LogP contribution is 2.44. The van der Waals surface area contributed by atoms with Gasteiger partial charge in [-0.2, -0.15) is 8.78 Å². The average Bonchev–Trinajstić information content (AvgIpc) is 3.19. The maximum Gasteiger partial charge on any atom is 0.309 e. The van der Waals surface area contributed by atoms with Crippen LogP contribution in [0.2, 0.25) is 0 Å². The van der Waals surface area contributed by atoms with E-state index in [2.05, 4.69) is 0 Å². The zero-order valence-electron chi connectivity index (χ0n) is 17.1. The Bertz CT molecular complexity index is 600. The average molecular weight is 414 g/mol. The lowest BCUT2D eigenvalue weighted by Crippen LogP contribution is -2.31. The lowest BCUT2D eigenvalue weighted by molar-refractivity contribution is -0.194. The van der Waals surface area contributed by atoms with Crippen LogP contribution in [0.5, 0.6) is 0 Å². The van der Waals surface area contributed by atoms with Crippen LogP contribution in [0.15, 0.2) is 12.2 Å². The van der Waals surface area contributed by atoms with E-state index in [1.807, 2.05) is 6.92 Å². The molecule has 0 aromatic heterocycles. The monoisotopic (exact) mass is 414 g/mol. The van der Waals surface area contributed by atoms with E-state index in [1.54, 1.807) is 0 Å². The maximum atomic E-state index is 14.2. The fourth-order valence-corrected chi connectivity index (χ4v) is 4.54. The molecule has 29 heavy (non-hydrogen) atoms. The predicted octanol–water partition coefficient (Wildman–Crippen LogP) is 4.58. The second-order valence-corrected chi connectivity index (χ2v) is 8.42. The Kier molecular flexibility index (Phi) is 7.79. The molecule has 1 unspecified atom stereocenters. The summed E-state index contributed by atoms with van der Waals surface area (Å²) < 4.78 is 45.5. The zero-order chi connectivity index (χ0) is 20.9. The Morgan fingerprint density at radius 2 is 2.10 bits per heavy atom. The summed E-state index contributed by atoms with van der Waals surface area (Å²) in [5.41, 5.74) is 0. The number of alkyl halides is 2. The Labute approximate surface area is 171 Å². The van der Waals surface area contributed by atoms with Gasteiger partial charge in [-0.05, 0) is 31.8 Å². The summed E-state index contributed by atoms with van der Waals surface area (Å²) in [6, 6.07) is 0. The number of halogens is 2. The fraction of sp³-hybridized carbons (Fsp3) is 0.818. The Balaban J connectivity index is 1.62. The zero-order valence-corrected chi connectivity index (χ0v) is 17.1. The van der Waals surface area contributed by atoms with Crippen molar-refractivity contribution in [1.82, 2.24) is 0 Å². The Morgan fingerprint density at radius 3 is 2.83 bits per heavy atom. The summed E-state index contributed by atoms with van der Waals surface area (Å²) in [6.45, 7) is 2.65. The van der Waals surface area contributed by atoms with Gasteiger partial charge in [0.1, 0.15) is 6.10 Å². The molecule has 2 aliphatic heterocycles. The van der Waals surface area contributed by atoms with Gasteiger partial charge in [-0.3, -0.25) is 9.59 Å². The molecule has 7 heteroatoms. The summed E-state index contributed by atoms with van der Waals surface area (Å²) in [4.78, 5) is 23.8. The molecule has 2 heterocycles.